The fourth-order valence-electron chi connectivity index (χ4n) is 3.04. The second kappa shape index (κ2) is 7.77. The number of ether oxygens (including phenoxy) is 1. The molecule has 0 bridgehead atoms. The average molecular weight is 394 g/mol. The Kier molecular flexibility index (Phi) is 5.03. The molecule has 1 aliphatic heterocycles. The van der Waals surface area contributed by atoms with E-state index in [4.69, 9.17) is 4.74 Å². The topological polar surface area (TPSA) is 84.4 Å². The van der Waals surface area contributed by atoms with Gasteiger partial charge in [0.05, 0.1) is 5.69 Å². The molecular weight excluding hydrogens is 376 g/mol. The Morgan fingerprint density at radius 3 is 2.75 bits per heavy atom. The molecule has 1 aliphatic rings. The van der Waals surface area contributed by atoms with Crippen molar-refractivity contribution in [3.05, 3.63) is 53.9 Å². The van der Waals surface area contributed by atoms with Crippen molar-refractivity contribution in [1.29, 1.82) is 0 Å². The lowest BCUT2D eigenvalue weighted by atomic mass is 10.1. The van der Waals surface area contributed by atoms with Crippen molar-refractivity contribution in [2.75, 3.05) is 16.8 Å². The zero-order valence-corrected chi connectivity index (χ0v) is 16.0. The Bertz CT molecular complexity index is 989. The number of para-hydroxylation sites is 2. The van der Waals surface area contributed by atoms with Crippen LogP contribution in [0.3, 0.4) is 0 Å². The molecule has 3 aromatic rings. The number of carbonyl (C=O) groups excluding carboxylic acids is 2. The first-order chi connectivity index (χ1) is 13.6. The number of anilines is 2. The minimum atomic E-state index is -0.564. The summed E-state index contributed by atoms with van der Waals surface area (Å²) in [5, 5.41) is 8.75. The van der Waals surface area contributed by atoms with Crippen LogP contribution in [0, 0.1) is 0 Å². The maximum atomic E-state index is 12.5. The number of benzene rings is 2. The van der Waals surface area contributed by atoms with Gasteiger partial charge in [-0.3, -0.25) is 9.59 Å². The molecule has 28 heavy (non-hydrogen) atoms. The van der Waals surface area contributed by atoms with Crippen molar-refractivity contribution in [3.63, 3.8) is 0 Å². The van der Waals surface area contributed by atoms with Crippen molar-refractivity contribution in [1.82, 2.24) is 9.59 Å². The van der Waals surface area contributed by atoms with Crippen LogP contribution in [-0.2, 0) is 9.59 Å². The number of hydrogen-bond acceptors (Lipinski definition) is 6. The van der Waals surface area contributed by atoms with Crippen molar-refractivity contribution in [2.45, 2.75) is 19.4 Å². The normalized spacial score (nSPS) is 15.7. The molecule has 142 valence electrons. The molecule has 0 aliphatic carbocycles. The highest BCUT2D eigenvalue weighted by atomic mass is 32.1. The molecule has 0 spiro atoms. The third-order valence-electron chi connectivity index (χ3n) is 4.46. The average Bonchev–Trinajstić information content (AvgIpc) is 3.24. The highest BCUT2D eigenvalue weighted by Gasteiger charge is 2.31. The molecule has 7 nitrogen and oxygen atoms in total. The fourth-order valence-corrected chi connectivity index (χ4v) is 3.51. The van der Waals surface area contributed by atoms with Crippen LogP contribution in [0.15, 0.2) is 53.9 Å². The van der Waals surface area contributed by atoms with E-state index in [0.29, 0.717) is 17.1 Å². The van der Waals surface area contributed by atoms with Crippen LogP contribution in [0.25, 0.3) is 11.3 Å². The molecule has 1 unspecified atom stereocenters. The smallest absolute Gasteiger partial charge is 0.267 e. The number of carbonyl (C=O) groups is 2. The summed E-state index contributed by atoms with van der Waals surface area (Å²) < 4.78 is 9.46. The summed E-state index contributed by atoms with van der Waals surface area (Å²) in [5.41, 5.74) is 3.14. The van der Waals surface area contributed by atoms with Crippen LogP contribution in [0.1, 0.15) is 13.3 Å². The summed E-state index contributed by atoms with van der Waals surface area (Å²) >= 11 is 1.29. The van der Waals surface area contributed by atoms with E-state index in [1.54, 1.807) is 11.8 Å². The van der Waals surface area contributed by atoms with Crippen LogP contribution in [0.2, 0.25) is 0 Å². The summed E-state index contributed by atoms with van der Waals surface area (Å²) in [4.78, 5) is 26.4. The Morgan fingerprint density at radius 2 is 2.00 bits per heavy atom. The van der Waals surface area contributed by atoms with Crippen LogP contribution < -0.4 is 15.0 Å². The van der Waals surface area contributed by atoms with Gasteiger partial charge in [0.25, 0.3) is 5.91 Å². The third-order valence-corrected chi connectivity index (χ3v) is 4.97. The quantitative estimate of drug-likeness (QED) is 0.717. The number of amides is 2. The highest BCUT2D eigenvalue weighted by molar-refractivity contribution is 7.03. The number of nitrogens with one attached hydrogen (secondary N) is 1. The molecule has 1 aromatic heterocycles. The van der Waals surface area contributed by atoms with E-state index in [1.165, 1.54) is 11.5 Å². The molecule has 0 saturated carbocycles. The lowest BCUT2D eigenvalue weighted by Gasteiger charge is -2.32. The Hall–Kier alpha value is -3.26. The van der Waals surface area contributed by atoms with Crippen molar-refractivity contribution < 1.29 is 14.3 Å². The predicted molar refractivity (Wildman–Crippen MR) is 107 cm³/mol. The summed E-state index contributed by atoms with van der Waals surface area (Å²) in [7, 11) is 0. The first-order valence-corrected chi connectivity index (χ1v) is 9.70. The molecule has 0 radical (unpaired) electrons. The van der Waals surface area contributed by atoms with Gasteiger partial charge in [0.1, 0.15) is 11.4 Å². The molecule has 0 saturated heterocycles. The van der Waals surface area contributed by atoms with Gasteiger partial charge in [-0.25, -0.2) is 0 Å². The third kappa shape index (κ3) is 3.72. The van der Waals surface area contributed by atoms with E-state index in [-0.39, 0.29) is 24.8 Å². The van der Waals surface area contributed by atoms with E-state index >= 15 is 0 Å². The molecule has 4 rings (SSSR count). The van der Waals surface area contributed by atoms with Gasteiger partial charge in [-0.1, -0.05) is 28.8 Å². The highest BCUT2D eigenvalue weighted by Crippen LogP contribution is 2.33. The van der Waals surface area contributed by atoms with Crippen molar-refractivity contribution >= 4 is 34.7 Å². The summed E-state index contributed by atoms with van der Waals surface area (Å²) in [5.74, 6) is 0.349. The maximum absolute atomic E-state index is 12.5. The maximum Gasteiger partial charge on any atom is 0.267 e. The lowest BCUT2D eigenvalue weighted by Crippen LogP contribution is -2.45. The second-order valence-electron chi connectivity index (χ2n) is 6.38. The number of aromatic nitrogens is 2. The number of nitrogens with zero attached hydrogens (tertiary/aromatic N) is 3. The van der Waals surface area contributed by atoms with Gasteiger partial charge in [0.2, 0.25) is 5.91 Å². The predicted octanol–water partition coefficient (Wildman–Crippen LogP) is 3.35. The number of rotatable bonds is 5. The molecule has 2 aromatic carbocycles. The second-order valence-corrected chi connectivity index (χ2v) is 6.99. The SMILES string of the molecule is CC1Oc2ccccc2N(CCC(=O)Nc2ccc(-c3csnn3)cc2)C1=O. The van der Waals surface area contributed by atoms with Crippen LogP contribution in [0.4, 0.5) is 11.4 Å². The molecular formula is C20H18N4O3S. The summed E-state index contributed by atoms with van der Waals surface area (Å²) in [6.45, 7) is 2.00. The fraction of sp³-hybridized carbons (Fsp3) is 0.200. The van der Waals surface area contributed by atoms with Gasteiger partial charge in [0, 0.05) is 29.6 Å². The minimum absolute atomic E-state index is 0.146. The van der Waals surface area contributed by atoms with Crippen LogP contribution in [0.5, 0.6) is 5.75 Å². The van der Waals surface area contributed by atoms with E-state index in [1.807, 2.05) is 53.9 Å². The minimum Gasteiger partial charge on any atom is -0.479 e. The lowest BCUT2D eigenvalue weighted by molar-refractivity contribution is -0.125. The van der Waals surface area contributed by atoms with E-state index < -0.39 is 6.10 Å². The van der Waals surface area contributed by atoms with Gasteiger partial charge in [-0.15, -0.1) is 5.10 Å². The molecule has 0 fully saturated rings. The molecule has 1 atom stereocenters. The van der Waals surface area contributed by atoms with Crippen LogP contribution in [-0.4, -0.2) is 34.1 Å². The Morgan fingerprint density at radius 1 is 1.21 bits per heavy atom. The summed E-state index contributed by atoms with van der Waals surface area (Å²) in [6, 6.07) is 14.8. The monoisotopic (exact) mass is 394 g/mol. The van der Waals surface area contributed by atoms with Gasteiger partial charge < -0.3 is 15.0 Å². The standard InChI is InChI=1S/C20H18N4O3S/c1-13-20(26)24(17-4-2-3-5-18(17)27-13)11-10-19(25)21-15-8-6-14(7-9-15)16-12-28-23-22-16/h2-9,12-13H,10-11H2,1H3,(H,21,25). The Balaban J connectivity index is 1.39. The van der Waals surface area contributed by atoms with Gasteiger partial charge in [-0.2, -0.15) is 0 Å². The van der Waals surface area contributed by atoms with Crippen molar-refractivity contribution in [2.24, 2.45) is 0 Å². The van der Waals surface area contributed by atoms with E-state index in [2.05, 4.69) is 14.9 Å². The first kappa shape index (κ1) is 18.1. The van der Waals surface area contributed by atoms with Gasteiger partial charge in [0.15, 0.2) is 6.10 Å². The first-order valence-electron chi connectivity index (χ1n) is 8.86. The van der Waals surface area contributed by atoms with E-state index in [9.17, 15) is 9.59 Å². The largest absolute Gasteiger partial charge is 0.479 e. The van der Waals surface area contributed by atoms with Gasteiger partial charge in [-0.05, 0) is 42.7 Å². The van der Waals surface area contributed by atoms with Crippen LogP contribution >= 0.6 is 11.5 Å². The molecule has 2 heterocycles. The van der Waals surface area contributed by atoms with Gasteiger partial charge >= 0.3 is 0 Å². The molecule has 1 N–H and O–H groups in total. The zero-order chi connectivity index (χ0) is 19.5. The number of hydrogen-bond donors (Lipinski definition) is 1. The van der Waals surface area contributed by atoms with E-state index in [0.717, 1.165) is 11.3 Å². The van der Waals surface area contributed by atoms with Crippen molar-refractivity contribution in [3.8, 4) is 17.0 Å². The number of fused-ring (bicyclic) bond motifs is 1. The zero-order valence-electron chi connectivity index (χ0n) is 15.2. The Labute approximate surface area is 166 Å². The summed E-state index contributed by atoms with van der Waals surface area (Å²) in [6.07, 6.45) is -0.379. The molecule has 8 heteroatoms. The molecule has 2 amide bonds.